The summed E-state index contributed by atoms with van der Waals surface area (Å²) in [6.45, 7) is 5.48. The van der Waals surface area contributed by atoms with Crippen molar-refractivity contribution in [1.82, 2.24) is 14.5 Å². The molecule has 0 spiro atoms. The van der Waals surface area contributed by atoms with Crippen molar-refractivity contribution < 1.29 is 31.1 Å². The number of sulfonamides is 1. The summed E-state index contributed by atoms with van der Waals surface area (Å²) in [5.41, 5.74) is -1.35. The summed E-state index contributed by atoms with van der Waals surface area (Å²) >= 11 is 0. The fourth-order valence-electron chi connectivity index (χ4n) is 3.28. The Labute approximate surface area is 195 Å². The van der Waals surface area contributed by atoms with E-state index >= 15 is 0 Å². The zero-order valence-electron chi connectivity index (χ0n) is 19.0. The Hall–Kier alpha value is -3.34. The number of aromatic nitrogens is 2. The van der Waals surface area contributed by atoms with E-state index in [4.69, 9.17) is 4.74 Å². The first-order chi connectivity index (χ1) is 15.7. The van der Waals surface area contributed by atoms with Gasteiger partial charge < -0.3 is 4.74 Å². The highest BCUT2D eigenvalue weighted by atomic mass is 32.2. The quantitative estimate of drug-likeness (QED) is 0.548. The lowest BCUT2D eigenvalue weighted by atomic mass is 9.87. The maximum absolute atomic E-state index is 13.7. The van der Waals surface area contributed by atoms with Crippen LogP contribution < -0.4 is 9.46 Å². The lowest BCUT2D eigenvalue weighted by molar-refractivity contribution is -0.138. The average Bonchev–Trinajstić information content (AvgIpc) is 3.24. The van der Waals surface area contributed by atoms with E-state index in [1.165, 1.54) is 36.3 Å². The molecule has 0 atom stereocenters. The number of hydrogen-bond donors (Lipinski definition) is 1. The second-order valence-electron chi connectivity index (χ2n) is 8.62. The van der Waals surface area contributed by atoms with Crippen molar-refractivity contribution in [3.05, 3.63) is 77.1 Å². The van der Waals surface area contributed by atoms with Gasteiger partial charge in [-0.3, -0.25) is 9.48 Å². The van der Waals surface area contributed by atoms with Crippen molar-refractivity contribution in [3.8, 4) is 5.75 Å². The van der Waals surface area contributed by atoms with E-state index in [0.717, 1.165) is 12.1 Å². The number of rotatable bonds is 6. The number of methoxy groups -OCH3 is 1. The minimum atomic E-state index is -4.76. The van der Waals surface area contributed by atoms with Crippen LogP contribution in [0.2, 0.25) is 0 Å². The number of nitrogens with one attached hydrogen (secondary N) is 1. The Bertz CT molecular complexity index is 1300. The summed E-state index contributed by atoms with van der Waals surface area (Å²) in [6.07, 6.45) is -1.82. The van der Waals surface area contributed by atoms with Gasteiger partial charge in [-0.1, -0.05) is 32.9 Å². The Balaban J connectivity index is 1.96. The number of carbonyl (C=O) groups is 1. The molecule has 2 aromatic carbocycles. The molecule has 0 radical (unpaired) electrons. The van der Waals surface area contributed by atoms with Crippen LogP contribution in [0, 0.1) is 0 Å². The minimum absolute atomic E-state index is 0.00106. The van der Waals surface area contributed by atoms with Gasteiger partial charge in [-0.15, -0.1) is 0 Å². The van der Waals surface area contributed by atoms with Gasteiger partial charge in [-0.25, -0.2) is 13.1 Å². The zero-order valence-corrected chi connectivity index (χ0v) is 19.8. The normalized spacial score (nSPS) is 12.4. The fraction of sp³-hybridized carbons (Fsp3) is 0.304. The molecule has 0 saturated heterocycles. The van der Waals surface area contributed by atoms with Crippen molar-refractivity contribution in [3.63, 3.8) is 0 Å². The monoisotopic (exact) mass is 495 g/mol. The largest absolute Gasteiger partial charge is 0.495 e. The SMILES string of the molecule is COc1ccc(C(C)(C)C)cc1S(=O)(=O)NC(=O)c1ccc(Cn2cccn2)c(C(F)(F)F)c1. The molecule has 34 heavy (non-hydrogen) atoms. The minimum Gasteiger partial charge on any atom is -0.495 e. The van der Waals surface area contributed by atoms with Crippen LogP contribution in [0.4, 0.5) is 13.2 Å². The Morgan fingerprint density at radius 2 is 1.82 bits per heavy atom. The van der Waals surface area contributed by atoms with E-state index in [1.54, 1.807) is 12.1 Å². The molecule has 7 nitrogen and oxygen atoms in total. The van der Waals surface area contributed by atoms with E-state index in [0.29, 0.717) is 11.6 Å². The molecule has 3 aromatic rings. The molecular weight excluding hydrogens is 471 g/mol. The molecule has 1 heterocycles. The van der Waals surface area contributed by atoms with Crippen molar-refractivity contribution in [2.45, 2.75) is 43.8 Å². The highest BCUT2D eigenvalue weighted by molar-refractivity contribution is 7.90. The van der Waals surface area contributed by atoms with Crippen LogP contribution in [0.25, 0.3) is 0 Å². The topological polar surface area (TPSA) is 90.3 Å². The van der Waals surface area contributed by atoms with E-state index in [2.05, 4.69) is 5.10 Å². The second kappa shape index (κ2) is 9.13. The van der Waals surface area contributed by atoms with Gasteiger partial charge in [0, 0.05) is 18.0 Å². The van der Waals surface area contributed by atoms with Crippen LogP contribution in [-0.2, 0) is 28.2 Å². The molecule has 0 aliphatic rings. The van der Waals surface area contributed by atoms with Crippen LogP contribution >= 0.6 is 0 Å². The summed E-state index contributed by atoms with van der Waals surface area (Å²) in [7, 11) is -3.17. The van der Waals surface area contributed by atoms with Crippen molar-refractivity contribution in [2.75, 3.05) is 7.11 Å². The number of carbonyl (C=O) groups excluding carboxylic acids is 1. The molecule has 0 saturated carbocycles. The van der Waals surface area contributed by atoms with Gasteiger partial charge in [0.1, 0.15) is 10.6 Å². The van der Waals surface area contributed by atoms with E-state index in [1.807, 2.05) is 25.5 Å². The highest BCUT2D eigenvalue weighted by Gasteiger charge is 2.35. The maximum Gasteiger partial charge on any atom is 0.416 e. The van der Waals surface area contributed by atoms with Crippen LogP contribution in [0.1, 0.15) is 47.8 Å². The first-order valence-electron chi connectivity index (χ1n) is 10.2. The summed E-state index contributed by atoms with van der Waals surface area (Å²) in [6, 6.07) is 9.02. The predicted octanol–water partition coefficient (Wildman–Crippen LogP) is 4.38. The van der Waals surface area contributed by atoms with E-state index in [9.17, 15) is 26.4 Å². The number of hydrogen-bond acceptors (Lipinski definition) is 5. The molecule has 3 rings (SSSR count). The molecule has 0 bridgehead atoms. The number of halogens is 3. The first-order valence-corrected chi connectivity index (χ1v) is 11.6. The number of benzene rings is 2. The number of alkyl halides is 3. The van der Waals surface area contributed by atoms with Gasteiger partial charge in [0.2, 0.25) is 0 Å². The van der Waals surface area contributed by atoms with Gasteiger partial charge in [0.15, 0.2) is 0 Å². The molecule has 1 amide bonds. The second-order valence-corrected chi connectivity index (χ2v) is 10.3. The molecule has 0 unspecified atom stereocenters. The maximum atomic E-state index is 13.7. The standard InChI is InChI=1S/C23H24F3N3O4S/c1-22(2,3)17-8-9-19(33-4)20(13-17)34(31,32)28-21(30)15-6-7-16(14-29-11-5-10-27-29)18(12-15)23(24,25)26/h5-13H,14H2,1-4H3,(H,28,30). The molecule has 0 fully saturated rings. The summed E-state index contributed by atoms with van der Waals surface area (Å²) < 4.78 is 75.3. The fourth-order valence-corrected chi connectivity index (χ4v) is 4.45. The number of nitrogens with zero attached hydrogens (tertiary/aromatic N) is 2. The Kier molecular flexibility index (Phi) is 6.79. The van der Waals surface area contributed by atoms with Crippen LogP contribution in [-0.4, -0.2) is 31.2 Å². The van der Waals surface area contributed by atoms with Gasteiger partial charge in [0.05, 0.1) is 19.2 Å². The Morgan fingerprint density at radius 1 is 1.12 bits per heavy atom. The lowest BCUT2D eigenvalue weighted by Gasteiger charge is -2.21. The first kappa shape index (κ1) is 25.3. The Morgan fingerprint density at radius 3 is 2.38 bits per heavy atom. The highest BCUT2D eigenvalue weighted by Crippen LogP contribution is 2.34. The number of amides is 1. The van der Waals surface area contributed by atoms with Gasteiger partial charge in [-0.2, -0.15) is 18.3 Å². The van der Waals surface area contributed by atoms with Crippen LogP contribution in [0.3, 0.4) is 0 Å². The third-order valence-electron chi connectivity index (χ3n) is 5.12. The average molecular weight is 496 g/mol. The molecule has 182 valence electrons. The third-order valence-corrected chi connectivity index (χ3v) is 6.47. The smallest absolute Gasteiger partial charge is 0.416 e. The predicted molar refractivity (Wildman–Crippen MR) is 119 cm³/mol. The van der Waals surface area contributed by atoms with Crippen LogP contribution in [0.15, 0.2) is 59.8 Å². The molecule has 0 aliphatic heterocycles. The van der Waals surface area contributed by atoms with Crippen LogP contribution in [0.5, 0.6) is 5.75 Å². The molecular formula is C23H24F3N3O4S. The van der Waals surface area contributed by atoms with Gasteiger partial charge in [0.25, 0.3) is 15.9 Å². The van der Waals surface area contributed by atoms with Crippen molar-refractivity contribution >= 4 is 15.9 Å². The molecule has 1 N–H and O–H groups in total. The van der Waals surface area contributed by atoms with Gasteiger partial charge >= 0.3 is 6.18 Å². The molecule has 1 aromatic heterocycles. The van der Waals surface area contributed by atoms with Gasteiger partial charge in [-0.05, 0) is 46.9 Å². The lowest BCUT2D eigenvalue weighted by Crippen LogP contribution is -2.31. The van der Waals surface area contributed by atoms with Crippen molar-refractivity contribution in [2.24, 2.45) is 0 Å². The number of ether oxygens (including phenoxy) is 1. The summed E-state index contributed by atoms with van der Waals surface area (Å²) in [5, 5.41) is 3.89. The third kappa shape index (κ3) is 5.58. The van der Waals surface area contributed by atoms with E-state index < -0.39 is 38.6 Å². The molecule has 0 aliphatic carbocycles. The van der Waals surface area contributed by atoms with E-state index in [-0.39, 0.29) is 22.8 Å². The summed E-state index contributed by atoms with van der Waals surface area (Å²) in [5.74, 6) is -1.20. The molecule has 11 heteroatoms. The summed E-state index contributed by atoms with van der Waals surface area (Å²) in [4.78, 5) is 12.4. The zero-order chi connectivity index (χ0) is 25.3. The van der Waals surface area contributed by atoms with Crippen molar-refractivity contribution in [1.29, 1.82) is 0 Å².